The fraction of sp³-hybridized carbons (Fsp3) is 0.944. The maximum Gasteiger partial charge on any atom is 0.191 e. The molecule has 1 unspecified atom stereocenters. The molecule has 0 saturated carbocycles. The van der Waals surface area contributed by atoms with E-state index < -0.39 is 0 Å². The van der Waals surface area contributed by atoms with Crippen molar-refractivity contribution in [1.29, 1.82) is 0 Å². The second kappa shape index (κ2) is 15.2. The van der Waals surface area contributed by atoms with Crippen molar-refractivity contribution >= 4 is 29.9 Å². The van der Waals surface area contributed by atoms with E-state index in [0.717, 1.165) is 51.3 Å². The molecule has 1 aliphatic rings. The van der Waals surface area contributed by atoms with Crippen LogP contribution in [-0.4, -0.2) is 62.8 Å². The zero-order chi connectivity index (χ0) is 16.9. The molecule has 0 spiro atoms. The molecule has 0 aromatic rings. The number of nitrogens with one attached hydrogen (secondary N) is 2. The Morgan fingerprint density at radius 2 is 2.08 bits per heavy atom. The molecule has 144 valence electrons. The molecule has 1 atom stereocenters. The zero-order valence-electron chi connectivity index (χ0n) is 16.1. The van der Waals surface area contributed by atoms with Crippen molar-refractivity contribution in [1.82, 2.24) is 15.5 Å². The number of halogens is 1. The molecule has 0 bridgehead atoms. The maximum absolute atomic E-state index is 5.59. The van der Waals surface area contributed by atoms with E-state index in [2.05, 4.69) is 48.2 Å². The Labute approximate surface area is 166 Å². The molecule has 0 aromatic heterocycles. The summed E-state index contributed by atoms with van der Waals surface area (Å²) in [7, 11) is 0. The first kappa shape index (κ1) is 23.9. The largest absolute Gasteiger partial charge is 0.379 e. The number of guanidine groups is 1. The number of rotatable bonds is 10. The van der Waals surface area contributed by atoms with E-state index in [-0.39, 0.29) is 24.0 Å². The minimum atomic E-state index is 0. The van der Waals surface area contributed by atoms with Crippen LogP contribution in [0.4, 0.5) is 0 Å². The van der Waals surface area contributed by atoms with E-state index in [1.54, 1.807) is 0 Å². The molecular formula is C18H39IN4O. The quantitative estimate of drug-likeness (QED) is 0.231. The summed E-state index contributed by atoms with van der Waals surface area (Å²) >= 11 is 0. The van der Waals surface area contributed by atoms with Crippen LogP contribution in [0, 0.1) is 5.92 Å². The lowest BCUT2D eigenvalue weighted by Gasteiger charge is -2.33. The molecule has 1 rings (SSSR count). The van der Waals surface area contributed by atoms with Crippen LogP contribution in [0.1, 0.15) is 53.4 Å². The lowest BCUT2D eigenvalue weighted by molar-refractivity contribution is 0.114. The summed E-state index contributed by atoms with van der Waals surface area (Å²) in [5.74, 6) is 1.50. The summed E-state index contributed by atoms with van der Waals surface area (Å²) in [4.78, 5) is 7.28. The first-order valence-electron chi connectivity index (χ1n) is 9.47. The van der Waals surface area contributed by atoms with Gasteiger partial charge in [-0.25, -0.2) is 0 Å². The van der Waals surface area contributed by atoms with Gasteiger partial charge in [0.25, 0.3) is 0 Å². The van der Waals surface area contributed by atoms with Gasteiger partial charge in [0, 0.05) is 38.8 Å². The van der Waals surface area contributed by atoms with Crippen LogP contribution in [0.5, 0.6) is 0 Å². The second-order valence-electron chi connectivity index (χ2n) is 6.89. The predicted molar refractivity (Wildman–Crippen MR) is 115 cm³/mol. The van der Waals surface area contributed by atoms with E-state index in [1.807, 2.05) is 0 Å². The van der Waals surface area contributed by atoms with Crippen molar-refractivity contribution in [3.63, 3.8) is 0 Å². The van der Waals surface area contributed by atoms with Crippen molar-refractivity contribution in [3.05, 3.63) is 0 Å². The lowest BCUT2D eigenvalue weighted by Crippen LogP contribution is -2.40. The Hall–Kier alpha value is -0.0800. The van der Waals surface area contributed by atoms with Crippen LogP contribution in [0.3, 0.4) is 0 Å². The average molecular weight is 454 g/mol. The van der Waals surface area contributed by atoms with Gasteiger partial charge < -0.3 is 20.3 Å². The van der Waals surface area contributed by atoms with Crippen molar-refractivity contribution in [3.8, 4) is 0 Å². The molecule has 0 amide bonds. The number of hydrogen-bond donors (Lipinski definition) is 2. The highest BCUT2D eigenvalue weighted by Crippen LogP contribution is 2.16. The molecule has 1 saturated heterocycles. The number of likely N-dealkylation sites (tertiary alicyclic amines) is 1. The van der Waals surface area contributed by atoms with Gasteiger partial charge in [0.2, 0.25) is 0 Å². The van der Waals surface area contributed by atoms with E-state index in [0.29, 0.717) is 5.92 Å². The van der Waals surface area contributed by atoms with Gasteiger partial charge in [-0.15, -0.1) is 24.0 Å². The number of ether oxygens (including phenoxy) is 1. The van der Waals surface area contributed by atoms with Crippen molar-refractivity contribution < 1.29 is 4.74 Å². The predicted octanol–water partition coefficient (Wildman–Crippen LogP) is 3.10. The Morgan fingerprint density at radius 3 is 2.75 bits per heavy atom. The van der Waals surface area contributed by atoms with Crippen LogP contribution in [0.2, 0.25) is 0 Å². The number of hydrogen-bond acceptors (Lipinski definition) is 3. The van der Waals surface area contributed by atoms with Crippen molar-refractivity contribution in [2.75, 3.05) is 45.9 Å². The maximum atomic E-state index is 5.59. The second-order valence-corrected chi connectivity index (χ2v) is 6.89. The third-order valence-electron chi connectivity index (χ3n) is 4.15. The van der Waals surface area contributed by atoms with E-state index >= 15 is 0 Å². The van der Waals surface area contributed by atoms with E-state index in [4.69, 9.17) is 4.74 Å². The topological polar surface area (TPSA) is 48.9 Å². The average Bonchev–Trinajstić information content (AvgIpc) is 2.52. The van der Waals surface area contributed by atoms with Gasteiger partial charge in [0.15, 0.2) is 5.96 Å². The minimum Gasteiger partial charge on any atom is -0.379 e. The van der Waals surface area contributed by atoms with Crippen LogP contribution in [0.25, 0.3) is 0 Å². The van der Waals surface area contributed by atoms with Crippen molar-refractivity contribution in [2.24, 2.45) is 10.9 Å². The molecule has 0 aromatic carbocycles. The normalized spacial score (nSPS) is 19.2. The first-order chi connectivity index (χ1) is 11.1. The van der Waals surface area contributed by atoms with Crippen LogP contribution in [-0.2, 0) is 4.74 Å². The molecule has 6 heteroatoms. The van der Waals surface area contributed by atoms with Crippen LogP contribution in [0.15, 0.2) is 4.99 Å². The fourth-order valence-electron chi connectivity index (χ4n) is 2.86. The monoisotopic (exact) mass is 454 g/mol. The van der Waals surface area contributed by atoms with Crippen LogP contribution >= 0.6 is 24.0 Å². The summed E-state index contributed by atoms with van der Waals surface area (Å²) in [5.41, 5.74) is 0. The van der Waals surface area contributed by atoms with E-state index in [9.17, 15) is 0 Å². The summed E-state index contributed by atoms with van der Waals surface area (Å²) in [6.07, 6.45) is 5.23. The van der Waals surface area contributed by atoms with Crippen molar-refractivity contribution in [2.45, 2.75) is 59.4 Å². The first-order valence-corrected chi connectivity index (χ1v) is 9.47. The highest BCUT2D eigenvalue weighted by atomic mass is 127. The Kier molecular flexibility index (Phi) is 15.1. The smallest absolute Gasteiger partial charge is 0.191 e. The third-order valence-corrected chi connectivity index (χ3v) is 4.15. The Bertz CT molecular complexity index is 326. The highest BCUT2D eigenvalue weighted by molar-refractivity contribution is 14.0. The summed E-state index contributed by atoms with van der Waals surface area (Å²) in [5, 5.41) is 6.64. The molecule has 24 heavy (non-hydrogen) atoms. The standard InChI is InChI=1S/C18H38N4O.HI/c1-5-19-18(21-11-14-23-15-16(2)3)20-10-8-13-22-12-7-6-9-17(22)4;/h16-17H,5-15H2,1-4H3,(H2,19,20,21);1H. The molecule has 0 aliphatic carbocycles. The number of aliphatic imine (C=N–C) groups is 1. The number of nitrogens with zero attached hydrogens (tertiary/aromatic N) is 2. The number of piperidine rings is 1. The summed E-state index contributed by atoms with van der Waals surface area (Å²) in [6.45, 7) is 15.3. The Balaban J connectivity index is 0.00000529. The van der Waals surface area contributed by atoms with Gasteiger partial charge >= 0.3 is 0 Å². The SMILES string of the molecule is CCNC(=NCCCN1CCCCC1C)NCCOCC(C)C.I. The molecule has 5 nitrogen and oxygen atoms in total. The van der Waals surface area contributed by atoms with Gasteiger partial charge in [0.1, 0.15) is 0 Å². The lowest BCUT2D eigenvalue weighted by atomic mass is 10.0. The minimum absolute atomic E-state index is 0. The molecule has 2 N–H and O–H groups in total. The van der Waals surface area contributed by atoms with Gasteiger partial charge in [-0.05, 0) is 45.6 Å². The Morgan fingerprint density at radius 1 is 1.29 bits per heavy atom. The summed E-state index contributed by atoms with van der Waals surface area (Å²) in [6, 6.07) is 0.747. The molecule has 1 heterocycles. The molecule has 1 fully saturated rings. The molecule has 0 radical (unpaired) electrons. The molecule has 1 aliphatic heterocycles. The van der Waals surface area contributed by atoms with Gasteiger partial charge in [-0.2, -0.15) is 0 Å². The molecular weight excluding hydrogens is 415 g/mol. The highest BCUT2D eigenvalue weighted by Gasteiger charge is 2.16. The van der Waals surface area contributed by atoms with Gasteiger partial charge in [0.05, 0.1) is 6.61 Å². The zero-order valence-corrected chi connectivity index (χ0v) is 18.5. The fourth-order valence-corrected chi connectivity index (χ4v) is 2.86. The summed E-state index contributed by atoms with van der Waals surface area (Å²) < 4.78 is 5.59. The van der Waals surface area contributed by atoms with Gasteiger partial charge in [-0.1, -0.05) is 20.3 Å². The van der Waals surface area contributed by atoms with Gasteiger partial charge in [-0.3, -0.25) is 4.99 Å². The van der Waals surface area contributed by atoms with E-state index in [1.165, 1.54) is 32.4 Å². The third kappa shape index (κ3) is 11.5. The van der Waals surface area contributed by atoms with Crippen LogP contribution < -0.4 is 10.6 Å².